The van der Waals surface area contributed by atoms with Crippen molar-refractivity contribution in [2.45, 2.75) is 33.2 Å². The minimum absolute atomic E-state index is 0.0947. The van der Waals surface area contributed by atoms with Gasteiger partial charge in [0.25, 0.3) is 0 Å². The van der Waals surface area contributed by atoms with E-state index in [9.17, 15) is 0 Å². The lowest BCUT2D eigenvalue weighted by molar-refractivity contribution is 0.598. The van der Waals surface area contributed by atoms with Crippen molar-refractivity contribution in [3.63, 3.8) is 0 Å². The maximum atomic E-state index is 3.57. The van der Waals surface area contributed by atoms with Crippen LogP contribution in [0.15, 0.2) is 30.3 Å². The number of alkyl halides is 1. The Labute approximate surface area is 114 Å². The zero-order valence-electron chi connectivity index (χ0n) is 11.4. The number of halogens is 1. The van der Waals surface area contributed by atoms with Crippen LogP contribution < -0.4 is 4.90 Å². The summed E-state index contributed by atoms with van der Waals surface area (Å²) in [6, 6.07) is 8.57. The normalized spacial score (nSPS) is 16.6. The van der Waals surface area contributed by atoms with Crippen molar-refractivity contribution in [1.29, 1.82) is 0 Å². The second-order valence-corrected chi connectivity index (χ2v) is 5.09. The zero-order chi connectivity index (χ0) is 13.1. The summed E-state index contributed by atoms with van der Waals surface area (Å²) in [7, 11) is 2.15. The van der Waals surface area contributed by atoms with Gasteiger partial charge in [0.2, 0.25) is 0 Å². The summed E-state index contributed by atoms with van der Waals surface area (Å²) in [6.45, 7) is 8.48. The summed E-state index contributed by atoms with van der Waals surface area (Å²) in [5.74, 6) is 0. The molecule has 17 heavy (non-hydrogen) atoms. The van der Waals surface area contributed by atoms with Crippen LogP contribution in [0.5, 0.6) is 0 Å². The molecule has 0 atom stereocenters. The average molecular weight is 296 g/mol. The number of rotatable bonds is 1. The molecule has 2 rings (SSSR count). The third kappa shape index (κ3) is 2.74. The van der Waals surface area contributed by atoms with Gasteiger partial charge in [0.15, 0.2) is 0 Å². The number of hydrogen-bond donors (Lipinski definition) is 0. The Bertz CT molecular complexity index is 407. The molecule has 0 N–H and O–H groups in total. The van der Waals surface area contributed by atoms with E-state index in [1.54, 1.807) is 0 Å². The van der Waals surface area contributed by atoms with Gasteiger partial charge in [0.1, 0.15) is 0 Å². The van der Waals surface area contributed by atoms with Gasteiger partial charge in [0, 0.05) is 23.6 Å². The Balaban J connectivity index is 0.000000686. The lowest BCUT2D eigenvalue weighted by Crippen LogP contribution is -2.42. The highest BCUT2D eigenvalue weighted by atomic mass is 79.9. The molecule has 2 heteroatoms. The van der Waals surface area contributed by atoms with Crippen LogP contribution in [0.2, 0.25) is 0 Å². The van der Waals surface area contributed by atoms with Gasteiger partial charge in [-0.05, 0) is 25.5 Å². The van der Waals surface area contributed by atoms with E-state index in [4.69, 9.17) is 0 Å². The summed E-state index contributed by atoms with van der Waals surface area (Å²) in [5, 5.41) is 0.918. The van der Waals surface area contributed by atoms with E-state index in [0.29, 0.717) is 0 Å². The van der Waals surface area contributed by atoms with E-state index in [2.05, 4.69) is 72.1 Å². The van der Waals surface area contributed by atoms with Crippen molar-refractivity contribution in [2.24, 2.45) is 0 Å². The third-order valence-corrected chi connectivity index (χ3v) is 3.75. The molecular formula is C15H22BrN. The van der Waals surface area contributed by atoms with Crippen molar-refractivity contribution >= 4 is 27.2 Å². The van der Waals surface area contributed by atoms with Gasteiger partial charge in [-0.3, -0.25) is 0 Å². The molecule has 0 saturated heterocycles. The molecule has 0 saturated carbocycles. The fraction of sp³-hybridized carbons (Fsp3) is 0.467. The van der Waals surface area contributed by atoms with E-state index in [-0.39, 0.29) is 5.54 Å². The van der Waals surface area contributed by atoms with Crippen LogP contribution in [0.4, 0.5) is 5.69 Å². The molecule has 94 valence electrons. The Morgan fingerprint density at radius 3 is 2.35 bits per heavy atom. The van der Waals surface area contributed by atoms with Crippen LogP contribution >= 0.6 is 15.9 Å². The fourth-order valence-electron chi connectivity index (χ4n) is 2.06. The number of fused-ring (bicyclic) bond motifs is 1. The number of hydrogen-bond acceptors (Lipinski definition) is 1. The van der Waals surface area contributed by atoms with Crippen LogP contribution in [0, 0.1) is 0 Å². The molecule has 0 spiro atoms. The lowest BCUT2D eigenvalue weighted by Gasteiger charge is -2.40. The van der Waals surface area contributed by atoms with E-state index in [0.717, 1.165) is 5.33 Å². The molecule has 1 aliphatic rings. The Hall–Kier alpha value is -0.760. The molecule has 1 heterocycles. The van der Waals surface area contributed by atoms with Crippen molar-refractivity contribution in [3.8, 4) is 0 Å². The fourth-order valence-corrected chi connectivity index (χ4v) is 2.52. The largest absolute Gasteiger partial charge is 0.366 e. The van der Waals surface area contributed by atoms with Crippen LogP contribution in [-0.4, -0.2) is 17.9 Å². The predicted molar refractivity (Wildman–Crippen MR) is 82.0 cm³/mol. The molecule has 0 aromatic heterocycles. The quantitative estimate of drug-likeness (QED) is 0.678. The standard InChI is InChI=1S/C13H16BrN.C2H6/c1-13(2)8-10(9-14)11-6-4-5-7-12(11)15(13)3;1-2/h4-8H,9H2,1-3H3;1-2H3. The van der Waals surface area contributed by atoms with Crippen molar-refractivity contribution < 1.29 is 0 Å². The molecule has 0 amide bonds. The van der Waals surface area contributed by atoms with Gasteiger partial charge in [-0.15, -0.1) is 0 Å². The summed E-state index contributed by atoms with van der Waals surface area (Å²) >= 11 is 3.57. The summed E-state index contributed by atoms with van der Waals surface area (Å²) in [5.41, 5.74) is 4.14. The van der Waals surface area contributed by atoms with Gasteiger partial charge in [-0.2, -0.15) is 0 Å². The first-order valence-electron chi connectivity index (χ1n) is 6.17. The van der Waals surface area contributed by atoms with E-state index in [1.165, 1.54) is 16.8 Å². The molecule has 1 aromatic rings. The Morgan fingerprint density at radius 1 is 1.18 bits per heavy atom. The average Bonchev–Trinajstić information content (AvgIpc) is 2.36. The summed E-state index contributed by atoms with van der Waals surface area (Å²) in [6.07, 6.45) is 2.34. The second-order valence-electron chi connectivity index (χ2n) is 4.53. The molecule has 1 aliphatic heterocycles. The first kappa shape index (κ1) is 14.3. The first-order chi connectivity index (χ1) is 8.06. The predicted octanol–water partition coefficient (Wildman–Crippen LogP) is 4.72. The van der Waals surface area contributed by atoms with Gasteiger partial charge in [-0.1, -0.05) is 54.1 Å². The summed E-state index contributed by atoms with van der Waals surface area (Å²) in [4.78, 5) is 2.33. The van der Waals surface area contributed by atoms with E-state index in [1.807, 2.05) is 13.8 Å². The van der Waals surface area contributed by atoms with Crippen LogP contribution in [0.25, 0.3) is 5.57 Å². The van der Waals surface area contributed by atoms with Crippen molar-refractivity contribution in [2.75, 3.05) is 17.3 Å². The maximum absolute atomic E-state index is 3.57. The van der Waals surface area contributed by atoms with Crippen molar-refractivity contribution in [3.05, 3.63) is 35.9 Å². The molecule has 0 aliphatic carbocycles. The third-order valence-electron chi connectivity index (χ3n) is 3.15. The number of anilines is 1. The molecule has 1 aromatic carbocycles. The van der Waals surface area contributed by atoms with E-state index >= 15 is 0 Å². The lowest BCUT2D eigenvalue weighted by atomic mass is 9.89. The van der Waals surface area contributed by atoms with Crippen molar-refractivity contribution in [1.82, 2.24) is 0 Å². The maximum Gasteiger partial charge on any atom is 0.0531 e. The Kier molecular flexibility index (Phi) is 4.81. The Morgan fingerprint density at radius 2 is 1.76 bits per heavy atom. The molecule has 0 unspecified atom stereocenters. The number of allylic oxidation sites excluding steroid dienone is 1. The SMILES string of the molecule is CC.CN1c2ccccc2C(CBr)=CC1(C)C. The first-order valence-corrected chi connectivity index (χ1v) is 7.29. The second kappa shape index (κ2) is 5.72. The zero-order valence-corrected chi connectivity index (χ0v) is 13.0. The van der Waals surface area contributed by atoms with Crippen LogP contribution in [0.3, 0.4) is 0 Å². The minimum Gasteiger partial charge on any atom is -0.366 e. The highest BCUT2D eigenvalue weighted by Crippen LogP contribution is 2.38. The van der Waals surface area contributed by atoms with Gasteiger partial charge >= 0.3 is 0 Å². The summed E-state index contributed by atoms with van der Waals surface area (Å²) < 4.78 is 0. The molecular weight excluding hydrogens is 274 g/mol. The van der Waals surface area contributed by atoms with Crippen LogP contribution in [-0.2, 0) is 0 Å². The number of para-hydroxylation sites is 1. The number of nitrogens with zero attached hydrogens (tertiary/aromatic N) is 1. The minimum atomic E-state index is 0.0947. The smallest absolute Gasteiger partial charge is 0.0531 e. The van der Waals surface area contributed by atoms with Gasteiger partial charge < -0.3 is 4.90 Å². The molecule has 0 fully saturated rings. The highest BCUT2D eigenvalue weighted by Gasteiger charge is 2.28. The number of benzene rings is 1. The monoisotopic (exact) mass is 295 g/mol. The molecule has 1 nitrogen and oxygen atoms in total. The number of likely N-dealkylation sites (N-methyl/N-ethyl adjacent to an activating group) is 1. The van der Waals surface area contributed by atoms with Crippen LogP contribution in [0.1, 0.15) is 33.3 Å². The topological polar surface area (TPSA) is 3.24 Å². The molecule has 0 radical (unpaired) electrons. The van der Waals surface area contributed by atoms with E-state index < -0.39 is 0 Å². The highest BCUT2D eigenvalue weighted by molar-refractivity contribution is 9.09. The molecule has 0 bridgehead atoms. The van der Waals surface area contributed by atoms with Gasteiger partial charge in [-0.25, -0.2) is 0 Å². The van der Waals surface area contributed by atoms with Gasteiger partial charge in [0.05, 0.1) is 5.54 Å².